The number of nitrogens with zero attached hydrogens (tertiary/aromatic N) is 2. The van der Waals surface area contributed by atoms with E-state index in [9.17, 15) is 4.39 Å². The Hall–Kier alpha value is -1.88. The smallest absolute Gasteiger partial charge is 0.135 e. The predicted molar refractivity (Wildman–Crippen MR) is 83.3 cm³/mol. The Morgan fingerprint density at radius 2 is 2.00 bits per heavy atom. The highest BCUT2D eigenvalue weighted by Crippen LogP contribution is 2.23. The van der Waals surface area contributed by atoms with E-state index in [2.05, 4.69) is 20.9 Å². The lowest BCUT2D eigenvalue weighted by molar-refractivity contribution is 0.412. The normalized spacial score (nSPS) is 11.0. The Balaban J connectivity index is 1.92. The van der Waals surface area contributed by atoms with Gasteiger partial charge in [0, 0.05) is 6.42 Å². The number of imidazole rings is 1. The van der Waals surface area contributed by atoms with Crippen LogP contribution < -0.4 is 4.74 Å². The molecule has 0 fully saturated rings. The lowest BCUT2D eigenvalue weighted by Gasteiger charge is -2.05. The zero-order valence-electron chi connectivity index (χ0n) is 11.5. The van der Waals surface area contributed by atoms with Gasteiger partial charge in [-0.15, -0.1) is 0 Å². The molecular formula is C16H14BrFN2O. The highest BCUT2D eigenvalue weighted by Gasteiger charge is 2.11. The van der Waals surface area contributed by atoms with Crippen LogP contribution in [0.15, 0.2) is 47.2 Å². The van der Waals surface area contributed by atoms with E-state index in [0.29, 0.717) is 18.4 Å². The molecule has 5 heteroatoms. The molecule has 0 aliphatic heterocycles. The number of ether oxygens (including phenoxy) is 1. The van der Waals surface area contributed by atoms with Crippen molar-refractivity contribution in [3.63, 3.8) is 0 Å². The van der Waals surface area contributed by atoms with E-state index in [1.807, 2.05) is 28.8 Å². The highest BCUT2D eigenvalue weighted by molar-refractivity contribution is 9.10. The van der Waals surface area contributed by atoms with Crippen LogP contribution in [0.2, 0.25) is 0 Å². The molecule has 3 aromatic rings. The molecule has 0 saturated heterocycles. The summed E-state index contributed by atoms with van der Waals surface area (Å²) in [5, 5.41) is 0. The fraction of sp³-hybridized carbons (Fsp3) is 0.188. The third kappa shape index (κ3) is 2.78. The molecule has 0 aliphatic rings. The number of hydrogen-bond acceptors (Lipinski definition) is 2. The van der Waals surface area contributed by atoms with E-state index < -0.39 is 0 Å². The Labute approximate surface area is 130 Å². The number of rotatable bonds is 4. The van der Waals surface area contributed by atoms with Crippen molar-refractivity contribution in [2.75, 3.05) is 7.11 Å². The third-order valence-corrected chi connectivity index (χ3v) is 4.03. The molecule has 0 N–H and O–H groups in total. The predicted octanol–water partition coefficient (Wildman–Crippen LogP) is 4.03. The molecule has 0 amide bonds. The molecule has 0 saturated carbocycles. The molecule has 0 atom stereocenters. The van der Waals surface area contributed by atoms with Crippen molar-refractivity contribution in [2.45, 2.75) is 12.8 Å². The Bertz CT molecular complexity index is 785. The third-order valence-electron chi connectivity index (χ3n) is 3.45. The molecule has 0 bridgehead atoms. The van der Waals surface area contributed by atoms with Gasteiger partial charge in [0.15, 0.2) is 0 Å². The summed E-state index contributed by atoms with van der Waals surface area (Å²) >= 11 is 3.46. The van der Waals surface area contributed by atoms with Crippen molar-refractivity contribution in [3.8, 4) is 5.75 Å². The minimum absolute atomic E-state index is 0.171. The molecule has 2 aromatic heterocycles. The van der Waals surface area contributed by atoms with Gasteiger partial charge < -0.3 is 4.74 Å². The zero-order valence-corrected chi connectivity index (χ0v) is 13.1. The maximum atomic E-state index is 13.7. The molecule has 0 unspecified atom stereocenters. The highest BCUT2D eigenvalue weighted by atomic mass is 79.9. The Morgan fingerprint density at radius 3 is 2.76 bits per heavy atom. The summed E-state index contributed by atoms with van der Waals surface area (Å²) in [5.74, 6) is 1.47. The van der Waals surface area contributed by atoms with Crippen LogP contribution in [0, 0.1) is 5.82 Å². The molecule has 3 rings (SSSR count). The number of aryl methyl sites for hydroxylation is 2. The molecule has 3 nitrogen and oxygen atoms in total. The molecular weight excluding hydrogens is 335 g/mol. The first-order valence-corrected chi connectivity index (χ1v) is 7.42. The minimum Gasteiger partial charge on any atom is -0.495 e. The fourth-order valence-corrected chi connectivity index (χ4v) is 2.86. The van der Waals surface area contributed by atoms with Gasteiger partial charge in [-0.05, 0) is 46.1 Å². The van der Waals surface area contributed by atoms with Crippen LogP contribution in [-0.4, -0.2) is 16.5 Å². The van der Waals surface area contributed by atoms with Gasteiger partial charge in [0.1, 0.15) is 22.0 Å². The van der Waals surface area contributed by atoms with E-state index in [4.69, 9.17) is 4.74 Å². The number of benzene rings is 1. The number of hydrogen-bond donors (Lipinski definition) is 0. The van der Waals surface area contributed by atoms with Gasteiger partial charge in [-0.1, -0.05) is 18.2 Å². The lowest BCUT2D eigenvalue weighted by atomic mass is 10.1. The van der Waals surface area contributed by atoms with Crippen molar-refractivity contribution in [2.24, 2.45) is 0 Å². The largest absolute Gasteiger partial charge is 0.495 e. The SMILES string of the molecule is COc1ccc2c(Br)nc(CCc3ccccc3F)n2c1. The summed E-state index contributed by atoms with van der Waals surface area (Å²) in [6.07, 6.45) is 3.15. The van der Waals surface area contributed by atoms with Crippen molar-refractivity contribution < 1.29 is 9.13 Å². The van der Waals surface area contributed by atoms with E-state index in [1.54, 1.807) is 19.2 Å². The van der Waals surface area contributed by atoms with Crippen molar-refractivity contribution in [3.05, 3.63) is 64.4 Å². The van der Waals surface area contributed by atoms with Crippen LogP contribution in [0.4, 0.5) is 4.39 Å². The number of fused-ring (bicyclic) bond motifs is 1. The van der Waals surface area contributed by atoms with Gasteiger partial charge in [-0.25, -0.2) is 9.37 Å². The van der Waals surface area contributed by atoms with Crippen LogP contribution in [0.1, 0.15) is 11.4 Å². The average molecular weight is 349 g/mol. The Kier molecular flexibility index (Phi) is 3.92. The van der Waals surface area contributed by atoms with Crippen LogP contribution in [0.3, 0.4) is 0 Å². The fourth-order valence-electron chi connectivity index (χ4n) is 2.33. The first kappa shape index (κ1) is 14.1. The summed E-state index contributed by atoms with van der Waals surface area (Å²) < 4.78 is 21.7. The molecule has 0 aliphatic carbocycles. The van der Waals surface area contributed by atoms with Crippen LogP contribution in [0.25, 0.3) is 5.52 Å². The van der Waals surface area contributed by atoms with Crippen molar-refractivity contribution >= 4 is 21.4 Å². The number of methoxy groups -OCH3 is 1. The first-order chi connectivity index (χ1) is 10.2. The molecule has 108 valence electrons. The van der Waals surface area contributed by atoms with Gasteiger partial charge in [-0.3, -0.25) is 4.40 Å². The number of halogens is 2. The van der Waals surface area contributed by atoms with E-state index in [-0.39, 0.29) is 5.82 Å². The topological polar surface area (TPSA) is 26.5 Å². The van der Waals surface area contributed by atoms with Gasteiger partial charge >= 0.3 is 0 Å². The molecule has 0 radical (unpaired) electrons. The van der Waals surface area contributed by atoms with E-state index >= 15 is 0 Å². The van der Waals surface area contributed by atoms with Gasteiger partial charge in [0.2, 0.25) is 0 Å². The first-order valence-electron chi connectivity index (χ1n) is 6.63. The summed E-state index contributed by atoms with van der Waals surface area (Å²) in [6, 6.07) is 10.7. The standard InChI is InChI=1S/C16H14BrFN2O/c1-21-12-7-8-14-16(17)19-15(20(14)10-12)9-6-11-4-2-3-5-13(11)18/h2-5,7-8,10H,6,9H2,1H3. The summed E-state index contributed by atoms with van der Waals surface area (Å²) in [7, 11) is 1.63. The quantitative estimate of drug-likeness (QED) is 0.711. The maximum absolute atomic E-state index is 13.7. The van der Waals surface area contributed by atoms with Gasteiger partial charge in [-0.2, -0.15) is 0 Å². The number of aromatic nitrogens is 2. The van der Waals surface area contributed by atoms with Crippen LogP contribution >= 0.6 is 15.9 Å². The number of pyridine rings is 1. The maximum Gasteiger partial charge on any atom is 0.135 e. The van der Waals surface area contributed by atoms with Gasteiger partial charge in [0.25, 0.3) is 0 Å². The van der Waals surface area contributed by atoms with Crippen molar-refractivity contribution in [1.29, 1.82) is 0 Å². The van der Waals surface area contributed by atoms with E-state index in [0.717, 1.165) is 21.7 Å². The minimum atomic E-state index is -0.171. The Morgan fingerprint density at radius 1 is 1.19 bits per heavy atom. The second-order valence-corrected chi connectivity index (χ2v) is 5.49. The second kappa shape index (κ2) is 5.85. The molecule has 0 spiro atoms. The summed E-state index contributed by atoms with van der Waals surface area (Å²) in [6.45, 7) is 0. The summed E-state index contributed by atoms with van der Waals surface area (Å²) in [4.78, 5) is 4.51. The summed E-state index contributed by atoms with van der Waals surface area (Å²) in [5.41, 5.74) is 1.67. The second-order valence-electron chi connectivity index (χ2n) is 4.73. The van der Waals surface area contributed by atoms with Gasteiger partial charge in [0.05, 0.1) is 18.8 Å². The lowest BCUT2D eigenvalue weighted by Crippen LogP contribution is -2.00. The molecule has 1 aromatic carbocycles. The molecule has 2 heterocycles. The average Bonchev–Trinajstić information content (AvgIpc) is 2.82. The molecule has 21 heavy (non-hydrogen) atoms. The van der Waals surface area contributed by atoms with Crippen LogP contribution in [0.5, 0.6) is 5.75 Å². The van der Waals surface area contributed by atoms with Crippen molar-refractivity contribution in [1.82, 2.24) is 9.38 Å². The van der Waals surface area contributed by atoms with Crippen LogP contribution in [-0.2, 0) is 12.8 Å². The zero-order chi connectivity index (χ0) is 14.8. The van der Waals surface area contributed by atoms with E-state index in [1.165, 1.54) is 6.07 Å². The monoisotopic (exact) mass is 348 g/mol.